The van der Waals surface area contributed by atoms with Crippen LogP contribution in [0.2, 0.25) is 0 Å². The second kappa shape index (κ2) is 16.3. The molecule has 14 nitrogen and oxygen atoms in total. The summed E-state index contributed by atoms with van der Waals surface area (Å²) in [6.07, 6.45) is 7.47. The summed E-state index contributed by atoms with van der Waals surface area (Å²) < 4.78 is 46.3. The van der Waals surface area contributed by atoms with Crippen LogP contribution in [0, 0.1) is 19.8 Å². The number of nitrogens with zero attached hydrogens (tertiary/aromatic N) is 2. The molecule has 3 fully saturated rings. The van der Waals surface area contributed by atoms with Crippen molar-refractivity contribution < 1.29 is 41.8 Å². The van der Waals surface area contributed by atoms with Gasteiger partial charge in [-0.3, -0.25) is 23.9 Å². The average molecular weight is 822 g/mol. The lowest BCUT2D eigenvalue weighted by Gasteiger charge is -2.30. The molecule has 2 saturated carbocycles. The molecule has 2 aromatic heterocycles. The number of hydrogen-bond acceptors (Lipinski definition) is 11. The fourth-order valence-electron chi connectivity index (χ4n) is 7.79. The minimum absolute atomic E-state index is 0.000683. The van der Waals surface area contributed by atoms with Crippen LogP contribution in [0.15, 0.2) is 42.5 Å². The molecule has 4 amide bonds. The van der Waals surface area contributed by atoms with Crippen molar-refractivity contribution in [1.82, 2.24) is 25.2 Å². The van der Waals surface area contributed by atoms with Crippen LogP contribution in [0.5, 0.6) is 17.4 Å². The van der Waals surface area contributed by atoms with Gasteiger partial charge in [0.15, 0.2) is 0 Å². The number of pyridine rings is 1. The van der Waals surface area contributed by atoms with E-state index in [2.05, 4.69) is 15.4 Å². The van der Waals surface area contributed by atoms with Crippen LogP contribution in [0.3, 0.4) is 0 Å². The molecular formula is C41H51N5O9S2. The number of rotatable bonds is 10. The van der Waals surface area contributed by atoms with E-state index in [1.807, 2.05) is 58.0 Å². The summed E-state index contributed by atoms with van der Waals surface area (Å²) in [5, 5.41) is 5.93. The Bertz CT molecular complexity index is 2200. The molecule has 306 valence electrons. The standard InChI is InChI=1S/C41H51N5O9S2/c1-23(2)54-35-20-33(29-16-17-32(53-5)25(4)36(29)43-35)55-27-19-31-37(47)44-41(40(50)45-57(51,52)28-14-15-28)21-26(41)11-9-7-6-8-10-12-30(39(49)46(31)22-27)42-38(48)34-18-13-24(3)56-34/h9,11,13,16-18,20,23,26-28,30-31H,6-8,10,12,14-15,19,21-22H2,1-5H3,(H,42,48)(H,44,47)(H,45,50)/t26-,27-,30+,31+,41-/m1/s1. The highest BCUT2D eigenvalue weighted by Crippen LogP contribution is 2.46. The molecule has 1 saturated heterocycles. The zero-order valence-corrected chi connectivity index (χ0v) is 34.6. The third-order valence-electron chi connectivity index (χ3n) is 11.1. The van der Waals surface area contributed by atoms with Crippen molar-refractivity contribution >= 4 is 55.9 Å². The second-order valence-electron chi connectivity index (χ2n) is 15.8. The molecule has 0 radical (unpaired) electrons. The summed E-state index contributed by atoms with van der Waals surface area (Å²) in [6, 6.07) is 6.88. The number of fused-ring (bicyclic) bond motifs is 3. The highest BCUT2D eigenvalue weighted by molar-refractivity contribution is 7.91. The number of ether oxygens (including phenoxy) is 3. The Morgan fingerprint density at radius 2 is 1.84 bits per heavy atom. The summed E-state index contributed by atoms with van der Waals surface area (Å²) in [6.45, 7) is 7.57. The summed E-state index contributed by atoms with van der Waals surface area (Å²) in [5.41, 5.74) is -0.116. The quantitative estimate of drug-likeness (QED) is 0.239. The first-order chi connectivity index (χ1) is 27.2. The molecule has 3 N–H and O–H groups in total. The normalized spacial score (nSPS) is 25.5. The lowest BCUT2D eigenvalue weighted by molar-refractivity contribution is -0.141. The predicted octanol–water partition coefficient (Wildman–Crippen LogP) is 4.86. The van der Waals surface area contributed by atoms with Crippen LogP contribution in [-0.2, 0) is 24.4 Å². The maximum Gasteiger partial charge on any atom is 0.262 e. The fourth-order valence-corrected chi connectivity index (χ4v) is 9.92. The van der Waals surface area contributed by atoms with Crippen LogP contribution < -0.4 is 29.6 Å². The van der Waals surface area contributed by atoms with Crippen molar-refractivity contribution in [2.24, 2.45) is 5.92 Å². The maximum absolute atomic E-state index is 14.7. The maximum atomic E-state index is 14.7. The number of aryl methyl sites for hydroxylation is 2. The fraction of sp³-hybridized carbons (Fsp3) is 0.537. The van der Waals surface area contributed by atoms with Gasteiger partial charge < -0.3 is 29.7 Å². The molecular weight excluding hydrogens is 771 g/mol. The molecule has 5 atom stereocenters. The van der Waals surface area contributed by atoms with Gasteiger partial charge in [-0.1, -0.05) is 25.0 Å². The summed E-state index contributed by atoms with van der Waals surface area (Å²) in [5.74, 6) is -1.23. The first-order valence-electron chi connectivity index (χ1n) is 19.7. The molecule has 3 aromatic rings. The molecule has 0 bridgehead atoms. The molecule has 1 aromatic carbocycles. The first kappa shape index (κ1) is 40.5. The number of sulfonamides is 1. The Kier molecular flexibility index (Phi) is 11.6. The molecule has 0 spiro atoms. The smallest absolute Gasteiger partial charge is 0.262 e. The molecule has 4 heterocycles. The van der Waals surface area contributed by atoms with Gasteiger partial charge in [0.25, 0.3) is 11.8 Å². The van der Waals surface area contributed by atoms with E-state index in [0.717, 1.165) is 23.3 Å². The zero-order valence-electron chi connectivity index (χ0n) is 33.0. The Morgan fingerprint density at radius 3 is 2.54 bits per heavy atom. The lowest BCUT2D eigenvalue weighted by atomic mass is 10.0. The monoisotopic (exact) mass is 821 g/mol. The zero-order chi connectivity index (χ0) is 40.6. The van der Waals surface area contributed by atoms with Crippen LogP contribution in [-0.4, -0.2) is 90.7 Å². The average Bonchev–Trinajstić information content (AvgIpc) is 4.05. The first-order valence-corrected chi connectivity index (χ1v) is 22.1. The van der Waals surface area contributed by atoms with Gasteiger partial charge in [0.1, 0.15) is 35.2 Å². The van der Waals surface area contributed by atoms with Gasteiger partial charge in [-0.05, 0) is 90.5 Å². The van der Waals surface area contributed by atoms with E-state index < -0.39 is 62.6 Å². The SMILES string of the molecule is COc1ccc2c(O[C@@H]3C[C@H]4C(=O)N[C@]5(C(=O)NS(=O)(=O)C6CC6)C[C@H]5C=CCCCCC[C@H](NC(=O)c5ccc(C)s5)C(=O)N4C3)cc(OC(C)C)nc2c1C. The Hall–Kier alpha value is -4.70. The topological polar surface area (TPSA) is 182 Å². The molecule has 2 aliphatic heterocycles. The van der Waals surface area contributed by atoms with Gasteiger partial charge in [-0.15, -0.1) is 11.3 Å². The number of carbonyl (C=O) groups excluding carboxylic acids is 4. The van der Waals surface area contributed by atoms with E-state index in [1.54, 1.807) is 19.2 Å². The minimum atomic E-state index is -3.90. The minimum Gasteiger partial charge on any atom is -0.496 e. The number of allylic oxidation sites excluding steroid dienone is 1. The van der Waals surface area contributed by atoms with Crippen LogP contribution in [0.1, 0.15) is 91.7 Å². The van der Waals surface area contributed by atoms with Crippen molar-refractivity contribution in [2.45, 2.75) is 121 Å². The van der Waals surface area contributed by atoms with Crippen molar-refractivity contribution in [3.05, 3.63) is 57.8 Å². The summed E-state index contributed by atoms with van der Waals surface area (Å²) in [4.78, 5) is 64.2. The van der Waals surface area contributed by atoms with Crippen molar-refractivity contribution in [2.75, 3.05) is 13.7 Å². The van der Waals surface area contributed by atoms with E-state index in [-0.39, 0.29) is 31.4 Å². The van der Waals surface area contributed by atoms with Crippen molar-refractivity contribution in [1.29, 1.82) is 0 Å². The third-order valence-corrected chi connectivity index (χ3v) is 13.9. The highest BCUT2D eigenvalue weighted by Gasteiger charge is 2.62. The molecule has 0 unspecified atom stereocenters. The molecule has 4 aliphatic rings. The Labute approximate surface area is 337 Å². The van der Waals surface area contributed by atoms with E-state index in [1.165, 1.54) is 16.2 Å². The number of nitrogens with one attached hydrogen (secondary N) is 3. The van der Waals surface area contributed by atoms with Gasteiger partial charge in [-0.25, -0.2) is 13.4 Å². The summed E-state index contributed by atoms with van der Waals surface area (Å²) >= 11 is 1.33. The number of thiophene rings is 1. The lowest BCUT2D eigenvalue weighted by Crippen LogP contribution is -2.58. The molecule has 7 rings (SSSR count). The Balaban J connectivity index is 1.23. The molecule has 16 heteroatoms. The number of methoxy groups -OCH3 is 1. The van der Waals surface area contributed by atoms with Crippen molar-refractivity contribution in [3.8, 4) is 17.4 Å². The van der Waals surface area contributed by atoms with E-state index in [0.29, 0.717) is 65.3 Å². The largest absolute Gasteiger partial charge is 0.496 e. The molecule has 2 aliphatic carbocycles. The van der Waals surface area contributed by atoms with Gasteiger partial charge in [0, 0.05) is 34.2 Å². The number of carbonyl (C=O) groups is 4. The van der Waals surface area contributed by atoms with Crippen molar-refractivity contribution in [3.63, 3.8) is 0 Å². The third kappa shape index (κ3) is 8.76. The number of benzene rings is 1. The number of aromatic nitrogens is 1. The predicted molar refractivity (Wildman–Crippen MR) is 215 cm³/mol. The van der Waals surface area contributed by atoms with E-state index >= 15 is 0 Å². The molecule has 57 heavy (non-hydrogen) atoms. The highest BCUT2D eigenvalue weighted by atomic mass is 32.2. The van der Waals surface area contributed by atoms with Crippen LogP contribution in [0.4, 0.5) is 0 Å². The van der Waals surface area contributed by atoms with Gasteiger partial charge in [-0.2, -0.15) is 0 Å². The number of amides is 4. The van der Waals surface area contributed by atoms with E-state index in [4.69, 9.17) is 19.2 Å². The van der Waals surface area contributed by atoms with Crippen LogP contribution >= 0.6 is 11.3 Å². The van der Waals surface area contributed by atoms with E-state index in [9.17, 15) is 27.6 Å². The van der Waals surface area contributed by atoms with Crippen LogP contribution in [0.25, 0.3) is 10.9 Å². The second-order valence-corrected chi connectivity index (χ2v) is 19.1. The van der Waals surface area contributed by atoms with Gasteiger partial charge >= 0.3 is 0 Å². The Morgan fingerprint density at radius 1 is 1.05 bits per heavy atom. The summed E-state index contributed by atoms with van der Waals surface area (Å²) in [7, 11) is -2.32. The van der Waals surface area contributed by atoms with Gasteiger partial charge in [0.2, 0.25) is 27.7 Å². The number of hydrogen-bond donors (Lipinski definition) is 3. The van der Waals surface area contributed by atoms with Gasteiger partial charge in [0.05, 0.1) is 35.4 Å².